The highest BCUT2D eigenvalue weighted by Gasteiger charge is 2.39. The molecule has 2 aliphatic carbocycles. The monoisotopic (exact) mass is 440 g/mol. The second-order valence-electron chi connectivity index (χ2n) is 8.97. The first-order chi connectivity index (χ1) is 16.0. The van der Waals surface area contributed by atoms with E-state index < -0.39 is 5.82 Å². The largest absolute Gasteiger partial charge is 0.382 e. The molecule has 1 unspecified atom stereocenters. The maximum absolute atomic E-state index is 15.0. The molecular weight excluding hydrogens is 419 g/mol. The number of amides is 1. The average molecular weight is 440 g/mol. The van der Waals surface area contributed by atoms with Crippen LogP contribution in [0.15, 0.2) is 42.9 Å². The number of nitrogen functional groups attached to an aromatic ring is 1. The van der Waals surface area contributed by atoms with Gasteiger partial charge in [0.15, 0.2) is 0 Å². The lowest BCUT2D eigenvalue weighted by Gasteiger charge is -2.26. The molecule has 4 aromatic rings. The number of rotatable bonds is 3. The van der Waals surface area contributed by atoms with Crippen molar-refractivity contribution in [3.63, 3.8) is 0 Å². The average Bonchev–Trinajstić information content (AvgIpc) is 3.22. The third kappa shape index (κ3) is 2.96. The fourth-order valence-electron chi connectivity index (χ4n) is 5.15. The minimum absolute atomic E-state index is 0.00789. The number of nitriles is 1. The van der Waals surface area contributed by atoms with E-state index in [0.29, 0.717) is 22.5 Å². The van der Waals surface area contributed by atoms with Crippen LogP contribution in [-0.2, 0) is 6.42 Å². The number of fused-ring (bicyclic) bond motifs is 4. The maximum atomic E-state index is 15.0. The number of aromatic nitrogens is 3. The van der Waals surface area contributed by atoms with E-state index in [1.165, 1.54) is 23.3 Å². The van der Waals surface area contributed by atoms with Gasteiger partial charge < -0.3 is 10.6 Å². The summed E-state index contributed by atoms with van der Waals surface area (Å²) in [4.78, 5) is 23.4. The Kier molecular flexibility index (Phi) is 4.18. The molecule has 164 valence electrons. The van der Waals surface area contributed by atoms with Crippen molar-refractivity contribution in [1.82, 2.24) is 19.3 Å². The van der Waals surface area contributed by atoms with Gasteiger partial charge in [-0.05, 0) is 42.0 Å². The summed E-state index contributed by atoms with van der Waals surface area (Å²) >= 11 is 0. The lowest BCUT2D eigenvalue weighted by Crippen LogP contribution is -2.30. The predicted molar refractivity (Wildman–Crippen MR) is 121 cm³/mol. The van der Waals surface area contributed by atoms with Gasteiger partial charge in [-0.15, -0.1) is 0 Å². The predicted octanol–water partition coefficient (Wildman–Crippen LogP) is 3.99. The van der Waals surface area contributed by atoms with Crippen LogP contribution in [-0.4, -0.2) is 32.2 Å². The molecule has 1 saturated carbocycles. The van der Waals surface area contributed by atoms with Crippen molar-refractivity contribution in [2.45, 2.75) is 31.2 Å². The molecule has 2 aliphatic rings. The van der Waals surface area contributed by atoms with Crippen molar-refractivity contribution in [2.24, 2.45) is 5.92 Å². The summed E-state index contributed by atoms with van der Waals surface area (Å²) in [5.41, 5.74) is 11.0. The van der Waals surface area contributed by atoms with E-state index in [-0.39, 0.29) is 29.2 Å². The number of halogens is 1. The van der Waals surface area contributed by atoms with Crippen LogP contribution in [0.4, 0.5) is 10.2 Å². The van der Waals surface area contributed by atoms with Crippen LogP contribution >= 0.6 is 0 Å². The van der Waals surface area contributed by atoms with Crippen LogP contribution in [0.5, 0.6) is 0 Å². The molecule has 2 aromatic heterocycles. The van der Waals surface area contributed by atoms with E-state index in [1.54, 1.807) is 28.9 Å². The van der Waals surface area contributed by atoms with E-state index in [4.69, 9.17) is 11.0 Å². The second-order valence-corrected chi connectivity index (χ2v) is 8.97. The summed E-state index contributed by atoms with van der Waals surface area (Å²) in [6.45, 7) is 0. The first-order valence-corrected chi connectivity index (χ1v) is 11.0. The lowest BCUT2D eigenvalue weighted by atomic mass is 10.0. The molecular formula is C25H21FN6O. The van der Waals surface area contributed by atoms with Crippen LogP contribution in [0.3, 0.4) is 0 Å². The van der Waals surface area contributed by atoms with Crippen LogP contribution in [0, 0.1) is 23.1 Å². The first-order valence-electron chi connectivity index (χ1n) is 11.0. The molecule has 2 N–H and O–H groups in total. The van der Waals surface area contributed by atoms with Gasteiger partial charge in [0.05, 0.1) is 47.1 Å². The smallest absolute Gasteiger partial charge is 0.257 e. The summed E-state index contributed by atoms with van der Waals surface area (Å²) in [6.07, 6.45) is 5.72. The molecule has 33 heavy (non-hydrogen) atoms. The minimum atomic E-state index is -0.629. The Balaban J connectivity index is 1.34. The molecule has 2 aromatic carbocycles. The van der Waals surface area contributed by atoms with E-state index in [9.17, 15) is 4.79 Å². The fourth-order valence-corrected chi connectivity index (χ4v) is 5.15. The molecule has 1 fully saturated rings. The van der Waals surface area contributed by atoms with Gasteiger partial charge in [-0.25, -0.2) is 14.4 Å². The van der Waals surface area contributed by atoms with Gasteiger partial charge in [0.2, 0.25) is 0 Å². The highest BCUT2D eigenvalue weighted by molar-refractivity contribution is 5.98. The SMILES string of the molecule is CN(C(=O)c1cc2c(cc1F)nc(N)c1cncn12)[C@@H]1CCc2cc(C3C[C@H]3C#N)ccc21. The Labute approximate surface area is 189 Å². The summed E-state index contributed by atoms with van der Waals surface area (Å²) < 4.78 is 16.7. The van der Waals surface area contributed by atoms with Gasteiger partial charge in [-0.2, -0.15) is 5.26 Å². The summed E-state index contributed by atoms with van der Waals surface area (Å²) in [6, 6.07) is 11.3. The van der Waals surface area contributed by atoms with Gasteiger partial charge in [-0.1, -0.05) is 18.2 Å². The molecule has 3 atom stereocenters. The number of imidazole rings is 1. The third-order valence-corrected chi connectivity index (χ3v) is 7.08. The summed E-state index contributed by atoms with van der Waals surface area (Å²) in [5.74, 6) is -0.311. The van der Waals surface area contributed by atoms with Crippen molar-refractivity contribution in [1.29, 1.82) is 5.26 Å². The number of nitrogens with zero attached hydrogens (tertiary/aromatic N) is 5. The van der Waals surface area contributed by atoms with Crippen LogP contribution in [0.1, 0.15) is 51.8 Å². The fraction of sp³-hybridized carbons (Fsp3) is 0.280. The molecule has 2 heterocycles. The normalized spacial score (nSPS) is 21.2. The van der Waals surface area contributed by atoms with Gasteiger partial charge in [0.25, 0.3) is 5.91 Å². The molecule has 0 radical (unpaired) electrons. The van der Waals surface area contributed by atoms with Crippen molar-refractivity contribution in [3.05, 3.63) is 70.9 Å². The molecule has 0 aliphatic heterocycles. The van der Waals surface area contributed by atoms with Crippen LogP contribution in [0.2, 0.25) is 0 Å². The number of benzene rings is 2. The number of carbonyl (C=O) groups is 1. The van der Waals surface area contributed by atoms with E-state index in [0.717, 1.165) is 24.8 Å². The van der Waals surface area contributed by atoms with Crippen molar-refractivity contribution < 1.29 is 9.18 Å². The van der Waals surface area contributed by atoms with Gasteiger partial charge >= 0.3 is 0 Å². The Morgan fingerprint density at radius 3 is 2.94 bits per heavy atom. The van der Waals surface area contributed by atoms with Crippen molar-refractivity contribution in [3.8, 4) is 6.07 Å². The zero-order chi connectivity index (χ0) is 22.9. The van der Waals surface area contributed by atoms with Gasteiger partial charge in [0.1, 0.15) is 17.2 Å². The zero-order valence-corrected chi connectivity index (χ0v) is 18.0. The van der Waals surface area contributed by atoms with Gasteiger partial charge in [-0.3, -0.25) is 9.20 Å². The first kappa shape index (κ1) is 19.7. The third-order valence-electron chi connectivity index (χ3n) is 7.08. The number of nitrogens with two attached hydrogens (primary N) is 1. The standard InChI is InChI=1S/C25H21FN6O/c1-31(21-5-3-13-6-14(2-4-16(13)21)17-7-15(17)10-27)25(33)18-8-22-20(9-19(18)26)30-24(28)23-11-29-12-32(22)23/h2,4,6,8-9,11-12,15,17,21H,3,5,7H2,1H3,(H2,28,30)/t15-,17?,21+/m0/s1. The van der Waals surface area contributed by atoms with Crippen LogP contribution in [0.25, 0.3) is 16.6 Å². The highest BCUT2D eigenvalue weighted by Crippen LogP contribution is 2.48. The molecule has 8 heteroatoms. The molecule has 1 amide bonds. The Bertz CT molecular complexity index is 1500. The molecule has 7 nitrogen and oxygen atoms in total. The lowest BCUT2D eigenvalue weighted by molar-refractivity contribution is 0.0726. The van der Waals surface area contributed by atoms with Crippen molar-refractivity contribution in [2.75, 3.05) is 12.8 Å². The quantitative estimate of drug-likeness (QED) is 0.519. The van der Waals surface area contributed by atoms with E-state index in [1.807, 2.05) is 0 Å². The molecule has 0 spiro atoms. The molecule has 6 rings (SSSR count). The number of carbonyl (C=O) groups excluding carboxylic acids is 1. The van der Waals surface area contributed by atoms with E-state index in [2.05, 4.69) is 34.2 Å². The van der Waals surface area contributed by atoms with E-state index >= 15 is 4.39 Å². The van der Waals surface area contributed by atoms with Gasteiger partial charge in [0, 0.05) is 19.0 Å². The number of aryl methyl sites for hydroxylation is 1. The Morgan fingerprint density at radius 2 is 2.15 bits per heavy atom. The maximum Gasteiger partial charge on any atom is 0.257 e. The summed E-state index contributed by atoms with van der Waals surface area (Å²) in [7, 11) is 1.72. The topological polar surface area (TPSA) is 100 Å². The number of anilines is 1. The van der Waals surface area contributed by atoms with Crippen LogP contribution < -0.4 is 5.73 Å². The summed E-state index contributed by atoms with van der Waals surface area (Å²) in [5, 5.41) is 9.12. The van der Waals surface area contributed by atoms with Crippen molar-refractivity contribution >= 4 is 28.3 Å². The molecule has 0 saturated heterocycles. The highest BCUT2D eigenvalue weighted by atomic mass is 19.1. The number of hydrogen-bond donors (Lipinski definition) is 1. The minimum Gasteiger partial charge on any atom is -0.382 e. The second kappa shape index (κ2) is 7.01. The Hall–Kier alpha value is -3.99. The molecule has 0 bridgehead atoms. The zero-order valence-electron chi connectivity index (χ0n) is 18.0. The number of hydrogen-bond acceptors (Lipinski definition) is 5. The Morgan fingerprint density at radius 1 is 1.30 bits per heavy atom.